The Hall–Kier alpha value is -3.74. The minimum Gasteiger partial charge on any atom is -0.358 e. The highest BCUT2D eigenvalue weighted by molar-refractivity contribution is 7.11. The number of hydrogen-bond donors (Lipinski definition) is 2. The lowest BCUT2D eigenvalue weighted by Gasteiger charge is -2.26. The molecule has 1 fully saturated rings. The molecule has 208 valence electrons. The van der Waals surface area contributed by atoms with Gasteiger partial charge < -0.3 is 5.32 Å². The molecule has 4 rings (SSSR count). The van der Waals surface area contributed by atoms with Crippen molar-refractivity contribution in [3.05, 3.63) is 119 Å². The number of piperidine rings is 1. The molecule has 2 N–H and O–H groups in total. The zero-order valence-electron chi connectivity index (χ0n) is 23.8. The second-order valence-corrected chi connectivity index (χ2v) is 11.1. The minimum absolute atomic E-state index is 0.294. The largest absolute Gasteiger partial charge is 0.358 e. The normalized spacial score (nSPS) is 16.1. The molecule has 3 heterocycles. The first-order valence-corrected chi connectivity index (χ1v) is 14.6. The number of rotatable bonds is 11. The predicted octanol–water partition coefficient (Wildman–Crippen LogP) is 8.89. The molecule has 0 aliphatic carbocycles. The van der Waals surface area contributed by atoms with Crippen LogP contribution in [0.2, 0.25) is 0 Å². The summed E-state index contributed by atoms with van der Waals surface area (Å²) in [6.45, 7) is 21.3. The standard InChI is InChI=1S/C34H39FN4S/c1-7-14-29(32-15-13-18-40-32)23(4)24(5)36-25(6)33-30-20-28(21-31(35)34(30)38-37-33)27(9-3)19-26(8-2)22-39-16-11-10-12-17-39/h7-9,13-15,18-21,36H,1-2,6,10-12,16-17,22H2,3-5H3,(H,37,38)/b24-23+,26-19+,27-9+,29-14+. The van der Waals surface area contributed by atoms with Crippen molar-refractivity contribution in [1.29, 1.82) is 0 Å². The van der Waals surface area contributed by atoms with Gasteiger partial charge in [-0.25, -0.2) is 4.39 Å². The Morgan fingerprint density at radius 3 is 2.62 bits per heavy atom. The summed E-state index contributed by atoms with van der Waals surface area (Å²) in [7, 11) is 0. The second kappa shape index (κ2) is 13.6. The molecule has 0 bridgehead atoms. The van der Waals surface area contributed by atoms with Crippen LogP contribution in [0.3, 0.4) is 0 Å². The van der Waals surface area contributed by atoms with Crippen molar-refractivity contribution in [2.45, 2.75) is 40.0 Å². The quantitative estimate of drug-likeness (QED) is 0.233. The topological polar surface area (TPSA) is 44.0 Å². The molecule has 0 spiro atoms. The van der Waals surface area contributed by atoms with E-state index in [0.717, 1.165) is 58.1 Å². The van der Waals surface area contributed by atoms with Gasteiger partial charge in [-0.3, -0.25) is 10.00 Å². The summed E-state index contributed by atoms with van der Waals surface area (Å²) < 4.78 is 15.3. The highest BCUT2D eigenvalue weighted by Crippen LogP contribution is 2.31. The molecule has 6 heteroatoms. The van der Waals surface area contributed by atoms with Gasteiger partial charge in [0.1, 0.15) is 5.52 Å². The maximum atomic E-state index is 15.3. The van der Waals surface area contributed by atoms with Gasteiger partial charge in [-0.05, 0) is 98.1 Å². The van der Waals surface area contributed by atoms with Crippen molar-refractivity contribution in [3.63, 3.8) is 0 Å². The van der Waals surface area contributed by atoms with Crippen molar-refractivity contribution >= 4 is 39.1 Å². The number of thiophene rings is 1. The fourth-order valence-corrected chi connectivity index (χ4v) is 5.89. The number of aromatic amines is 1. The summed E-state index contributed by atoms with van der Waals surface area (Å²) in [6.07, 6.45) is 13.6. The number of fused-ring (bicyclic) bond motifs is 1. The van der Waals surface area contributed by atoms with Gasteiger partial charge in [0.2, 0.25) is 0 Å². The van der Waals surface area contributed by atoms with Gasteiger partial charge in [0.05, 0.1) is 11.4 Å². The smallest absolute Gasteiger partial charge is 0.151 e. The maximum absolute atomic E-state index is 15.3. The average Bonchev–Trinajstić information content (AvgIpc) is 3.65. The van der Waals surface area contributed by atoms with Crippen LogP contribution in [0.4, 0.5) is 4.39 Å². The Morgan fingerprint density at radius 1 is 1.20 bits per heavy atom. The van der Waals surface area contributed by atoms with Crippen molar-refractivity contribution in [1.82, 2.24) is 20.4 Å². The van der Waals surface area contributed by atoms with Crippen molar-refractivity contribution in [2.75, 3.05) is 19.6 Å². The Balaban J connectivity index is 1.63. The van der Waals surface area contributed by atoms with Crippen LogP contribution in [0.5, 0.6) is 0 Å². The molecule has 3 aromatic rings. The van der Waals surface area contributed by atoms with E-state index in [1.165, 1.54) is 19.3 Å². The third-order valence-electron chi connectivity index (χ3n) is 7.39. The number of allylic oxidation sites excluding steroid dienone is 8. The highest BCUT2D eigenvalue weighted by atomic mass is 32.1. The minimum atomic E-state index is -0.371. The van der Waals surface area contributed by atoms with Crippen molar-refractivity contribution in [2.24, 2.45) is 0 Å². The Kier molecular flexibility index (Phi) is 9.91. The summed E-state index contributed by atoms with van der Waals surface area (Å²) in [4.78, 5) is 3.62. The van der Waals surface area contributed by atoms with Crippen LogP contribution in [0.15, 0.2) is 96.6 Å². The molecule has 0 unspecified atom stereocenters. The lowest BCUT2D eigenvalue weighted by Crippen LogP contribution is -2.31. The van der Waals surface area contributed by atoms with Gasteiger partial charge >= 0.3 is 0 Å². The van der Waals surface area contributed by atoms with Crippen LogP contribution in [0.1, 0.15) is 56.2 Å². The summed E-state index contributed by atoms with van der Waals surface area (Å²) in [5.74, 6) is -0.371. The fourth-order valence-electron chi connectivity index (χ4n) is 5.08. The van der Waals surface area contributed by atoms with E-state index in [1.54, 1.807) is 23.5 Å². The van der Waals surface area contributed by atoms with Crippen LogP contribution >= 0.6 is 11.3 Å². The molecule has 1 saturated heterocycles. The van der Waals surface area contributed by atoms with Gasteiger partial charge in [-0.2, -0.15) is 5.10 Å². The zero-order chi connectivity index (χ0) is 28.6. The van der Waals surface area contributed by atoms with Gasteiger partial charge in [0.25, 0.3) is 0 Å². The average molecular weight is 555 g/mol. The molecule has 4 nitrogen and oxygen atoms in total. The Labute approximate surface area is 241 Å². The number of nitrogens with zero attached hydrogens (tertiary/aromatic N) is 2. The van der Waals surface area contributed by atoms with Crippen molar-refractivity contribution in [3.8, 4) is 0 Å². The lowest BCUT2D eigenvalue weighted by molar-refractivity contribution is 0.248. The number of hydrogen-bond acceptors (Lipinski definition) is 4. The zero-order valence-corrected chi connectivity index (χ0v) is 24.6. The van der Waals surface area contributed by atoms with Crippen LogP contribution in [-0.4, -0.2) is 34.7 Å². The molecule has 1 aliphatic rings. The van der Waals surface area contributed by atoms with Crippen LogP contribution < -0.4 is 5.32 Å². The highest BCUT2D eigenvalue weighted by Gasteiger charge is 2.17. The number of halogens is 1. The van der Waals surface area contributed by atoms with Gasteiger partial charge in [-0.1, -0.05) is 62.6 Å². The molecule has 0 saturated carbocycles. The number of aromatic nitrogens is 2. The predicted molar refractivity (Wildman–Crippen MR) is 171 cm³/mol. The van der Waals surface area contributed by atoms with E-state index in [0.29, 0.717) is 22.3 Å². The summed E-state index contributed by atoms with van der Waals surface area (Å²) >= 11 is 1.68. The first-order chi connectivity index (χ1) is 19.4. The van der Waals surface area contributed by atoms with Crippen LogP contribution in [0.25, 0.3) is 27.7 Å². The van der Waals surface area contributed by atoms with Gasteiger partial charge in [-0.15, -0.1) is 11.3 Å². The molecular weight excluding hydrogens is 515 g/mol. The maximum Gasteiger partial charge on any atom is 0.151 e. The summed E-state index contributed by atoms with van der Waals surface area (Å²) in [5, 5.41) is 13.5. The molecule has 1 aliphatic heterocycles. The summed E-state index contributed by atoms with van der Waals surface area (Å²) in [5.41, 5.74) is 7.54. The number of likely N-dealkylation sites (tertiary alicyclic amines) is 1. The van der Waals surface area contributed by atoms with E-state index in [1.807, 2.05) is 44.2 Å². The van der Waals surface area contributed by atoms with Gasteiger partial charge in [0.15, 0.2) is 5.82 Å². The van der Waals surface area contributed by atoms with E-state index in [4.69, 9.17) is 0 Å². The monoisotopic (exact) mass is 554 g/mol. The van der Waals surface area contributed by atoms with E-state index in [2.05, 4.69) is 64.6 Å². The molecule has 40 heavy (non-hydrogen) atoms. The molecule has 2 aromatic heterocycles. The van der Waals surface area contributed by atoms with Crippen molar-refractivity contribution < 1.29 is 4.39 Å². The van der Waals surface area contributed by atoms with Crippen LogP contribution in [-0.2, 0) is 0 Å². The third kappa shape index (κ3) is 6.69. The Bertz CT molecular complexity index is 1510. The van der Waals surface area contributed by atoms with E-state index >= 15 is 4.39 Å². The number of H-pyrrole nitrogens is 1. The molecule has 0 amide bonds. The summed E-state index contributed by atoms with van der Waals surface area (Å²) in [6, 6.07) is 7.67. The molecule has 0 atom stereocenters. The molecule has 1 aromatic carbocycles. The first-order valence-electron chi connectivity index (χ1n) is 13.8. The second-order valence-electron chi connectivity index (χ2n) is 10.1. The SMILES string of the molecule is C=C/C=C(\C(C)=C(/C)NC(=C)c1[nH]nc2c(F)cc(C(/C=C(\C=C)CN3CCCCC3)=C/C)cc12)c1cccs1. The third-order valence-corrected chi connectivity index (χ3v) is 8.30. The Morgan fingerprint density at radius 2 is 1.98 bits per heavy atom. The van der Waals surface area contributed by atoms with Crippen LogP contribution in [0, 0.1) is 5.82 Å². The molecule has 0 radical (unpaired) electrons. The van der Waals surface area contributed by atoms with Gasteiger partial charge in [0, 0.05) is 22.5 Å². The van der Waals surface area contributed by atoms with E-state index < -0.39 is 0 Å². The lowest BCUT2D eigenvalue weighted by atomic mass is 9.99. The molecular formula is C34H39FN4S. The first kappa shape index (κ1) is 29.2. The van der Waals surface area contributed by atoms with E-state index in [9.17, 15) is 0 Å². The number of nitrogens with one attached hydrogen (secondary N) is 2. The number of benzene rings is 1. The fraction of sp³-hybridized carbons (Fsp3) is 0.265. The van der Waals surface area contributed by atoms with E-state index in [-0.39, 0.29) is 5.82 Å².